The van der Waals surface area contributed by atoms with Crippen molar-refractivity contribution in [2.45, 2.75) is 12.3 Å². The van der Waals surface area contributed by atoms with Crippen molar-refractivity contribution in [1.29, 1.82) is 0 Å². The van der Waals surface area contributed by atoms with Gasteiger partial charge in [-0.3, -0.25) is 0 Å². The molecule has 2 aliphatic rings. The minimum atomic E-state index is -2.67. The summed E-state index contributed by atoms with van der Waals surface area (Å²) in [5, 5.41) is 2.51. The predicted molar refractivity (Wildman–Crippen MR) is 88.2 cm³/mol. The smallest absolute Gasteiger partial charge is 0.231 e. The maximum atomic E-state index is 13.4. The lowest BCUT2D eigenvalue weighted by Crippen LogP contribution is -2.38. The van der Waals surface area contributed by atoms with Crippen LogP contribution in [0.3, 0.4) is 0 Å². The van der Waals surface area contributed by atoms with Crippen LogP contribution in [-0.4, -0.2) is 26.4 Å². The maximum Gasteiger partial charge on any atom is 0.231 e. The summed E-state index contributed by atoms with van der Waals surface area (Å²) in [7, 11) is 0. The molecule has 0 radical (unpaired) electrons. The largest absolute Gasteiger partial charge is 0.493 e. The van der Waals surface area contributed by atoms with Gasteiger partial charge in [0.05, 0.1) is 6.61 Å². The third-order valence-electron chi connectivity index (χ3n) is 3.87. The number of rotatable bonds is 4. The molecule has 126 valence electrons. The summed E-state index contributed by atoms with van der Waals surface area (Å²) >= 11 is 0. The topological polar surface area (TPSA) is 39.7 Å². The van der Waals surface area contributed by atoms with E-state index in [1.165, 1.54) is 30.3 Å². The van der Waals surface area contributed by atoms with E-state index in [1.807, 2.05) is 0 Å². The highest BCUT2D eigenvalue weighted by molar-refractivity contribution is 5.46. The Kier molecular flexibility index (Phi) is 2.59. The molecule has 0 aliphatic carbocycles. The Labute approximate surface area is 150 Å². The SMILES string of the molecule is [2H]C1([2H])Oc2ccc(OCC3CNC([2H])([2H])C([2H])([2H])[C@@]3([2H])c3ccc(F)cc3)cc2O1. The normalized spacial score (nSPS) is 36.0. The molecule has 0 spiro atoms. The Morgan fingerprint density at radius 2 is 2.04 bits per heavy atom. The summed E-state index contributed by atoms with van der Waals surface area (Å²) in [6.07, 6.45) is -2.67. The Hall–Kier alpha value is -2.27. The van der Waals surface area contributed by atoms with Crippen LogP contribution >= 0.6 is 0 Å². The molecule has 5 heteroatoms. The lowest BCUT2D eigenvalue weighted by atomic mass is 9.81. The van der Waals surface area contributed by atoms with Gasteiger partial charge in [-0.25, -0.2) is 4.39 Å². The molecule has 2 atom stereocenters. The monoisotopic (exact) mass is 336 g/mol. The molecule has 24 heavy (non-hydrogen) atoms. The molecular formula is C19H20FNO3. The van der Waals surface area contributed by atoms with Gasteiger partial charge in [-0.2, -0.15) is 0 Å². The molecular weight excluding hydrogens is 309 g/mol. The van der Waals surface area contributed by atoms with E-state index >= 15 is 0 Å². The number of nitrogens with one attached hydrogen (secondary N) is 1. The van der Waals surface area contributed by atoms with Crippen molar-refractivity contribution >= 4 is 0 Å². The Morgan fingerprint density at radius 3 is 2.92 bits per heavy atom. The van der Waals surface area contributed by atoms with Crippen LogP contribution in [0.1, 0.15) is 27.4 Å². The number of benzene rings is 2. The molecule has 0 bridgehead atoms. The van der Waals surface area contributed by atoms with E-state index in [0.717, 1.165) is 12.1 Å². The number of ether oxygens (including phenoxy) is 3. The van der Waals surface area contributed by atoms with Gasteiger partial charge in [-0.1, -0.05) is 12.1 Å². The quantitative estimate of drug-likeness (QED) is 0.930. The molecule has 2 aromatic carbocycles. The van der Waals surface area contributed by atoms with Crippen LogP contribution < -0.4 is 19.5 Å². The molecule has 2 aromatic rings. The molecule has 0 aromatic heterocycles. The summed E-state index contributed by atoms with van der Waals surface area (Å²) in [6, 6.07) is 9.23. The summed E-state index contributed by atoms with van der Waals surface area (Å²) in [4.78, 5) is 0. The molecule has 4 rings (SSSR count). The van der Waals surface area contributed by atoms with Crippen LogP contribution in [0.15, 0.2) is 42.5 Å². The first kappa shape index (κ1) is 9.28. The standard InChI is InChI=1S/C19H20FNO3/c20-15-3-1-13(2-4-15)17-7-8-21-10-14(17)11-22-16-5-6-18-19(9-16)24-12-23-18/h1-6,9,14,17,21H,7-8,10-12H2/t14?,17-/m0/s1/i7D2,8D2,12D2,17D. The fourth-order valence-electron chi connectivity index (χ4n) is 2.62. The molecule has 1 N–H and O–H groups in total. The zero-order valence-electron chi connectivity index (χ0n) is 19.6. The van der Waals surface area contributed by atoms with Gasteiger partial charge >= 0.3 is 0 Å². The van der Waals surface area contributed by atoms with Crippen LogP contribution in [-0.2, 0) is 0 Å². The molecule has 1 fully saturated rings. The Balaban J connectivity index is 1.62. The minimum absolute atomic E-state index is 0.0551. The first-order chi connectivity index (χ1) is 14.4. The van der Waals surface area contributed by atoms with Crippen LogP contribution in [0, 0.1) is 11.7 Å². The van der Waals surface area contributed by atoms with Crippen molar-refractivity contribution in [1.82, 2.24) is 5.32 Å². The Morgan fingerprint density at radius 1 is 1.21 bits per heavy atom. The average Bonchev–Trinajstić information content (AvgIpc) is 2.99. The fourth-order valence-corrected chi connectivity index (χ4v) is 2.62. The van der Waals surface area contributed by atoms with E-state index in [-0.39, 0.29) is 36.0 Å². The maximum absolute atomic E-state index is 13.4. The lowest BCUT2D eigenvalue weighted by Gasteiger charge is -2.32. The highest BCUT2D eigenvalue weighted by Gasteiger charge is 2.27. The van der Waals surface area contributed by atoms with Gasteiger partial charge in [0.25, 0.3) is 0 Å². The predicted octanol–water partition coefficient (Wildman–Crippen LogP) is 3.33. The van der Waals surface area contributed by atoms with Gasteiger partial charge in [0.15, 0.2) is 11.5 Å². The van der Waals surface area contributed by atoms with E-state index in [2.05, 4.69) is 5.32 Å². The van der Waals surface area contributed by atoms with Crippen LogP contribution in [0.2, 0.25) is 0 Å². The second-order valence-corrected chi connectivity index (χ2v) is 5.46. The van der Waals surface area contributed by atoms with Crippen molar-refractivity contribution in [2.24, 2.45) is 5.92 Å². The Bertz CT molecular complexity index is 989. The molecule has 2 heterocycles. The first-order valence-corrected chi connectivity index (χ1v) is 7.52. The number of halogens is 1. The third kappa shape index (κ3) is 3.17. The third-order valence-corrected chi connectivity index (χ3v) is 3.87. The summed E-state index contributed by atoms with van der Waals surface area (Å²) in [5.74, 6) is -2.82. The van der Waals surface area contributed by atoms with E-state index in [1.54, 1.807) is 0 Å². The average molecular weight is 336 g/mol. The molecule has 0 saturated carbocycles. The van der Waals surface area contributed by atoms with E-state index in [9.17, 15) is 4.39 Å². The van der Waals surface area contributed by atoms with Gasteiger partial charge in [-0.15, -0.1) is 0 Å². The second-order valence-electron chi connectivity index (χ2n) is 5.46. The van der Waals surface area contributed by atoms with Crippen molar-refractivity contribution in [3.05, 3.63) is 53.8 Å². The van der Waals surface area contributed by atoms with Gasteiger partial charge in [-0.05, 0) is 48.6 Å². The molecule has 1 saturated heterocycles. The first-order valence-electron chi connectivity index (χ1n) is 11.0. The van der Waals surface area contributed by atoms with Gasteiger partial charge in [0.1, 0.15) is 14.3 Å². The number of hydrogen-bond acceptors (Lipinski definition) is 4. The van der Waals surface area contributed by atoms with Crippen molar-refractivity contribution < 1.29 is 28.2 Å². The summed E-state index contributed by atoms with van der Waals surface area (Å²) < 4.78 is 86.3. The van der Waals surface area contributed by atoms with Crippen molar-refractivity contribution in [2.75, 3.05) is 26.4 Å². The summed E-state index contributed by atoms with van der Waals surface area (Å²) in [5.41, 5.74) is 0.136. The highest BCUT2D eigenvalue weighted by Crippen LogP contribution is 2.36. The van der Waals surface area contributed by atoms with E-state index < -0.39 is 37.2 Å². The molecule has 2 aliphatic heterocycles. The van der Waals surface area contributed by atoms with Gasteiger partial charge < -0.3 is 19.5 Å². The summed E-state index contributed by atoms with van der Waals surface area (Å²) in [6.45, 7) is -4.99. The zero-order chi connectivity index (χ0) is 22.7. The van der Waals surface area contributed by atoms with Crippen LogP contribution in [0.25, 0.3) is 0 Å². The van der Waals surface area contributed by atoms with E-state index in [4.69, 9.17) is 23.8 Å². The molecule has 4 nitrogen and oxygen atoms in total. The lowest BCUT2D eigenvalue weighted by molar-refractivity contribution is 0.173. The highest BCUT2D eigenvalue weighted by atomic mass is 19.1. The molecule has 1 unspecified atom stereocenters. The van der Waals surface area contributed by atoms with E-state index in [0.29, 0.717) is 0 Å². The van der Waals surface area contributed by atoms with Crippen LogP contribution in [0.5, 0.6) is 17.2 Å². The second kappa shape index (κ2) is 6.69. The van der Waals surface area contributed by atoms with Crippen molar-refractivity contribution in [3.8, 4) is 17.2 Å². The number of fused-ring (bicyclic) bond motifs is 1. The van der Waals surface area contributed by atoms with Gasteiger partial charge in [0, 0.05) is 25.4 Å². The number of piperidine rings is 1. The zero-order valence-corrected chi connectivity index (χ0v) is 12.6. The fraction of sp³-hybridized carbons (Fsp3) is 0.368. The van der Waals surface area contributed by atoms with Crippen LogP contribution in [0.4, 0.5) is 4.39 Å². The van der Waals surface area contributed by atoms with Gasteiger partial charge in [0.2, 0.25) is 6.75 Å². The number of hydrogen-bond donors (Lipinski definition) is 1. The van der Waals surface area contributed by atoms with Crippen molar-refractivity contribution in [3.63, 3.8) is 0 Å². The minimum Gasteiger partial charge on any atom is -0.493 e. The molecule has 0 amide bonds.